The van der Waals surface area contributed by atoms with Crippen molar-refractivity contribution in [3.63, 3.8) is 0 Å². The van der Waals surface area contributed by atoms with E-state index in [1.54, 1.807) is 12.1 Å². The van der Waals surface area contributed by atoms with Crippen LogP contribution < -0.4 is 4.74 Å². The van der Waals surface area contributed by atoms with E-state index in [1.807, 2.05) is 13.0 Å². The van der Waals surface area contributed by atoms with Gasteiger partial charge in [-0.1, -0.05) is 0 Å². The first-order chi connectivity index (χ1) is 13.9. The number of ether oxygens (including phenoxy) is 2. The van der Waals surface area contributed by atoms with E-state index < -0.39 is 0 Å². The molecule has 1 aromatic rings. The molecule has 1 saturated carbocycles. The summed E-state index contributed by atoms with van der Waals surface area (Å²) in [4.78, 5) is 13.9. The number of rotatable bonds is 8. The molecule has 2 aliphatic rings. The van der Waals surface area contributed by atoms with Gasteiger partial charge in [-0.25, -0.2) is 0 Å². The fourth-order valence-corrected chi connectivity index (χ4v) is 5.08. The van der Waals surface area contributed by atoms with Crippen molar-refractivity contribution in [2.24, 2.45) is 5.92 Å². The molecule has 1 aliphatic heterocycles. The lowest BCUT2D eigenvalue weighted by molar-refractivity contribution is -0.385. The van der Waals surface area contributed by atoms with E-state index in [4.69, 9.17) is 9.47 Å². The van der Waals surface area contributed by atoms with Crippen LogP contribution in [-0.2, 0) is 11.2 Å². The van der Waals surface area contributed by atoms with Crippen LogP contribution in [0.2, 0.25) is 0 Å². The molecule has 0 atom stereocenters. The molecule has 0 bridgehead atoms. The van der Waals surface area contributed by atoms with Crippen molar-refractivity contribution < 1.29 is 14.4 Å². The van der Waals surface area contributed by atoms with E-state index in [1.165, 1.54) is 12.8 Å². The second kappa shape index (κ2) is 9.90. The average molecular weight is 405 g/mol. The summed E-state index contributed by atoms with van der Waals surface area (Å²) in [6.07, 6.45) is 8.09. The molecule has 0 unspecified atom stereocenters. The second-order valence-electron chi connectivity index (χ2n) is 8.77. The van der Waals surface area contributed by atoms with Crippen LogP contribution in [-0.4, -0.2) is 47.8 Å². The first-order valence-electron chi connectivity index (χ1n) is 11.2. The van der Waals surface area contributed by atoms with E-state index in [2.05, 4.69) is 18.7 Å². The largest absolute Gasteiger partial charge is 0.494 e. The number of likely N-dealkylation sites (tertiary alicyclic amines) is 1. The molecule has 1 saturated heterocycles. The van der Waals surface area contributed by atoms with Gasteiger partial charge >= 0.3 is 0 Å². The Balaban J connectivity index is 1.57. The normalized spacial score (nSPS) is 26.4. The number of nitro groups is 1. The summed E-state index contributed by atoms with van der Waals surface area (Å²) in [7, 11) is 0. The molecule has 0 N–H and O–H groups in total. The zero-order valence-corrected chi connectivity index (χ0v) is 18.2. The summed E-state index contributed by atoms with van der Waals surface area (Å²) in [5.41, 5.74) is 1.30. The first kappa shape index (κ1) is 22.0. The smallest absolute Gasteiger partial charge is 0.272 e. The maximum absolute atomic E-state index is 11.5. The van der Waals surface area contributed by atoms with E-state index in [0.717, 1.165) is 63.1 Å². The lowest BCUT2D eigenvalue weighted by atomic mass is 9.78. The highest BCUT2D eigenvalue weighted by molar-refractivity contribution is 5.45. The van der Waals surface area contributed by atoms with Gasteiger partial charge in [0.1, 0.15) is 5.75 Å². The summed E-state index contributed by atoms with van der Waals surface area (Å²) in [6.45, 7) is 9.96. The fourth-order valence-electron chi connectivity index (χ4n) is 5.08. The molecule has 3 rings (SSSR count). The summed E-state index contributed by atoms with van der Waals surface area (Å²) >= 11 is 0. The zero-order valence-electron chi connectivity index (χ0n) is 18.2. The molecule has 1 heterocycles. The molecule has 1 aromatic carbocycles. The maximum atomic E-state index is 11.5. The molecule has 2 fully saturated rings. The highest BCUT2D eigenvalue weighted by Gasteiger charge is 2.38. The van der Waals surface area contributed by atoms with Gasteiger partial charge in [0.2, 0.25) is 0 Å². The van der Waals surface area contributed by atoms with Crippen molar-refractivity contribution in [2.45, 2.75) is 77.4 Å². The third-order valence-corrected chi connectivity index (χ3v) is 6.86. The number of nitrogens with zero attached hydrogens (tertiary/aromatic N) is 2. The first-order valence-corrected chi connectivity index (χ1v) is 11.2. The Bertz CT molecular complexity index is 677. The molecule has 0 aromatic heterocycles. The van der Waals surface area contributed by atoms with Crippen molar-refractivity contribution in [3.8, 4) is 5.75 Å². The van der Waals surface area contributed by atoms with Crippen molar-refractivity contribution in [1.29, 1.82) is 0 Å². The van der Waals surface area contributed by atoms with E-state index >= 15 is 0 Å². The molecule has 0 spiro atoms. The lowest BCUT2D eigenvalue weighted by Gasteiger charge is -2.48. The second-order valence-corrected chi connectivity index (χ2v) is 8.77. The van der Waals surface area contributed by atoms with E-state index in [-0.39, 0.29) is 16.1 Å². The summed E-state index contributed by atoms with van der Waals surface area (Å²) in [5.74, 6) is 1.22. The maximum Gasteiger partial charge on any atom is 0.272 e. The van der Waals surface area contributed by atoms with Crippen LogP contribution in [0.25, 0.3) is 0 Å². The van der Waals surface area contributed by atoms with Gasteiger partial charge in [0.15, 0.2) is 0 Å². The van der Waals surface area contributed by atoms with E-state index in [9.17, 15) is 10.1 Å². The molecular formula is C23H36N2O4. The minimum atomic E-state index is -0.266. The summed E-state index contributed by atoms with van der Waals surface area (Å²) in [6, 6.07) is 5.16. The van der Waals surface area contributed by atoms with Crippen LogP contribution in [0.5, 0.6) is 5.75 Å². The molecule has 6 nitrogen and oxygen atoms in total. The Morgan fingerprint density at radius 1 is 1.14 bits per heavy atom. The topological polar surface area (TPSA) is 64.8 Å². The average Bonchev–Trinajstić information content (AvgIpc) is 2.71. The Morgan fingerprint density at radius 3 is 2.41 bits per heavy atom. The van der Waals surface area contributed by atoms with Crippen LogP contribution in [0, 0.1) is 16.0 Å². The Hall–Kier alpha value is -1.66. The summed E-state index contributed by atoms with van der Waals surface area (Å²) < 4.78 is 11.4. The highest BCUT2D eigenvalue weighted by Crippen LogP contribution is 2.38. The van der Waals surface area contributed by atoms with Gasteiger partial charge in [-0.2, -0.15) is 0 Å². The van der Waals surface area contributed by atoms with Crippen molar-refractivity contribution in [2.75, 3.05) is 26.3 Å². The van der Waals surface area contributed by atoms with Crippen LogP contribution in [0.3, 0.4) is 0 Å². The number of hydrogen-bond acceptors (Lipinski definition) is 5. The number of benzene rings is 1. The van der Waals surface area contributed by atoms with Gasteiger partial charge in [0.25, 0.3) is 5.69 Å². The summed E-state index contributed by atoms with van der Waals surface area (Å²) in [5, 5.41) is 11.5. The van der Waals surface area contributed by atoms with Crippen LogP contribution >= 0.6 is 0 Å². The van der Waals surface area contributed by atoms with Crippen LogP contribution in [0.1, 0.15) is 64.9 Å². The number of piperidine rings is 1. The quantitative estimate of drug-likeness (QED) is 0.451. The van der Waals surface area contributed by atoms with Gasteiger partial charge in [-0.15, -0.1) is 0 Å². The zero-order chi connectivity index (χ0) is 20.9. The van der Waals surface area contributed by atoms with Crippen molar-refractivity contribution in [1.82, 2.24) is 4.90 Å². The molecule has 6 heteroatoms. The van der Waals surface area contributed by atoms with Gasteiger partial charge in [-0.3, -0.25) is 15.0 Å². The number of hydrogen-bond donors (Lipinski definition) is 0. The highest BCUT2D eigenvalue weighted by atomic mass is 16.6. The van der Waals surface area contributed by atoms with Crippen molar-refractivity contribution in [3.05, 3.63) is 33.9 Å². The molecule has 0 amide bonds. The SMILES string of the molecule is CCOc1ccc([N+](=O)[O-])c(CC2CCN(C3(C)CCC(OCC)CC3)CC2)c1. The van der Waals surface area contributed by atoms with Crippen LogP contribution in [0.4, 0.5) is 5.69 Å². The Kier molecular flexibility index (Phi) is 7.52. The third kappa shape index (κ3) is 5.48. The van der Waals surface area contributed by atoms with Gasteiger partial charge < -0.3 is 9.47 Å². The predicted octanol–water partition coefficient (Wildman–Crippen LogP) is 4.99. The lowest BCUT2D eigenvalue weighted by Crippen LogP contribution is -2.52. The van der Waals surface area contributed by atoms with Gasteiger partial charge in [0, 0.05) is 23.8 Å². The van der Waals surface area contributed by atoms with Gasteiger partial charge in [-0.05, 0) is 96.9 Å². The number of nitro benzene ring substituents is 1. The molecule has 1 aliphatic carbocycles. The molecule has 29 heavy (non-hydrogen) atoms. The Labute approximate surface area is 174 Å². The minimum Gasteiger partial charge on any atom is -0.494 e. The van der Waals surface area contributed by atoms with Crippen molar-refractivity contribution >= 4 is 5.69 Å². The van der Waals surface area contributed by atoms with Gasteiger partial charge in [0.05, 0.1) is 17.6 Å². The Morgan fingerprint density at radius 2 is 1.83 bits per heavy atom. The standard InChI is InChI=1S/C23H36N2O4/c1-4-28-20-8-12-23(3,13-9-20)24-14-10-18(11-15-24)16-19-17-21(29-5-2)6-7-22(19)25(26)27/h6-7,17-18,20H,4-5,8-16H2,1-3H3. The third-order valence-electron chi connectivity index (χ3n) is 6.86. The monoisotopic (exact) mass is 404 g/mol. The molecule has 0 radical (unpaired) electrons. The van der Waals surface area contributed by atoms with Crippen LogP contribution in [0.15, 0.2) is 18.2 Å². The van der Waals surface area contributed by atoms with E-state index in [0.29, 0.717) is 18.6 Å². The fraction of sp³-hybridized carbons (Fsp3) is 0.739. The minimum absolute atomic E-state index is 0.220. The molecular weight excluding hydrogens is 368 g/mol. The predicted molar refractivity (Wildman–Crippen MR) is 115 cm³/mol. The molecule has 162 valence electrons.